The van der Waals surface area contributed by atoms with Gasteiger partial charge in [0, 0.05) is 24.4 Å². The van der Waals surface area contributed by atoms with Crippen LogP contribution in [-0.2, 0) is 6.42 Å². The quantitative estimate of drug-likeness (QED) is 0.857. The minimum Gasteiger partial charge on any atom is -0.310 e. The van der Waals surface area contributed by atoms with Crippen LogP contribution in [0, 0.1) is 13.8 Å². The Balaban J connectivity index is 2.24. The molecule has 0 spiro atoms. The highest BCUT2D eigenvalue weighted by Gasteiger charge is 2.14. The van der Waals surface area contributed by atoms with Crippen LogP contribution in [0.1, 0.15) is 41.8 Å². The maximum atomic E-state index is 4.46. The van der Waals surface area contributed by atoms with Crippen molar-refractivity contribution < 1.29 is 0 Å². The van der Waals surface area contributed by atoms with Crippen molar-refractivity contribution in [2.45, 2.75) is 39.7 Å². The molecule has 1 N–H and O–H groups in total. The van der Waals surface area contributed by atoms with Crippen LogP contribution in [0.3, 0.4) is 0 Å². The molecule has 2 rings (SSSR count). The highest BCUT2D eigenvalue weighted by Crippen LogP contribution is 2.22. The second kappa shape index (κ2) is 7.20. The Morgan fingerprint density at radius 3 is 2.70 bits per heavy atom. The van der Waals surface area contributed by atoms with Crippen molar-refractivity contribution in [3.63, 3.8) is 0 Å². The van der Waals surface area contributed by atoms with Crippen molar-refractivity contribution in [3.8, 4) is 0 Å². The Kier molecular flexibility index (Phi) is 5.31. The van der Waals surface area contributed by atoms with Crippen molar-refractivity contribution in [1.29, 1.82) is 0 Å². The lowest BCUT2D eigenvalue weighted by atomic mass is 9.95. The van der Waals surface area contributed by atoms with E-state index in [2.05, 4.69) is 61.4 Å². The average molecular weight is 268 g/mol. The topological polar surface area (TPSA) is 24.9 Å². The molecule has 1 heterocycles. The van der Waals surface area contributed by atoms with E-state index in [1.165, 1.54) is 16.7 Å². The van der Waals surface area contributed by atoms with Gasteiger partial charge in [-0.1, -0.05) is 36.8 Å². The maximum absolute atomic E-state index is 4.46. The lowest BCUT2D eigenvalue weighted by Gasteiger charge is -2.21. The summed E-state index contributed by atoms with van der Waals surface area (Å²) in [6.45, 7) is 7.58. The van der Waals surface area contributed by atoms with Gasteiger partial charge in [-0.2, -0.15) is 0 Å². The van der Waals surface area contributed by atoms with E-state index >= 15 is 0 Å². The standard InChI is InChI=1S/C18H24N2/c1-4-10-20-18(13-16-7-5-6-11-19-16)17-12-14(2)8-9-15(17)3/h5-9,11-12,18,20H,4,10,13H2,1-3H3. The Morgan fingerprint density at radius 2 is 2.00 bits per heavy atom. The van der Waals surface area contributed by atoms with Gasteiger partial charge in [-0.05, 0) is 50.1 Å². The molecule has 1 aromatic carbocycles. The molecular weight excluding hydrogens is 244 g/mol. The van der Waals surface area contributed by atoms with E-state index in [4.69, 9.17) is 0 Å². The van der Waals surface area contributed by atoms with E-state index in [0.29, 0.717) is 6.04 Å². The number of nitrogens with one attached hydrogen (secondary N) is 1. The van der Waals surface area contributed by atoms with Crippen molar-refractivity contribution in [2.24, 2.45) is 0 Å². The van der Waals surface area contributed by atoms with Gasteiger partial charge in [-0.25, -0.2) is 0 Å². The third kappa shape index (κ3) is 3.91. The molecule has 0 aliphatic carbocycles. The normalized spacial score (nSPS) is 12.3. The van der Waals surface area contributed by atoms with Crippen molar-refractivity contribution in [1.82, 2.24) is 10.3 Å². The Labute approximate surface area is 122 Å². The molecule has 106 valence electrons. The summed E-state index contributed by atoms with van der Waals surface area (Å²) in [6.07, 6.45) is 3.95. The first kappa shape index (κ1) is 14.7. The molecule has 0 fully saturated rings. The fraction of sp³-hybridized carbons (Fsp3) is 0.389. The Bertz CT molecular complexity index is 534. The number of hydrogen-bond donors (Lipinski definition) is 1. The number of hydrogen-bond acceptors (Lipinski definition) is 2. The molecule has 1 aromatic heterocycles. The molecule has 2 heteroatoms. The first-order valence-corrected chi connectivity index (χ1v) is 7.41. The van der Waals surface area contributed by atoms with Gasteiger partial charge in [0.05, 0.1) is 0 Å². The number of aryl methyl sites for hydroxylation is 2. The molecule has 0 bridgehead atoms. The van der Waals surface area contributed by atoms with Gasteiger partial charge in [0.1, 0.15) is 0 Å². The lowest BCUT2D eigenvalue weighted by Crippen LogP contribution is -2.25. The molecule has 0 radical (unpaired) electrons. The minimum absolute atomic E-state index is 0.338. The molecular formula is C18H24N2. The van der Waals surface area contributed by atoms with Crippen LogP contribution in [0.2, 0.25) is 0 Å². The molecule has 2 aromatic rings. The highest BCUT2D eigenvalue weighted by molar-refractivity contribution is 5.33. The molecule has 0 saturated carbocycles. The van der Waals surface area contributed by atoms with Crippen LogP contribution in [0.25, 0.3) is 0 Å². The van der Waals surface area contributed by atoms with Crippen LogP contribution < -0.4 is 5.32 Å². The second-order valence-electron chi connectivity index (χ2n) is 5.39. The van der Waals surface area contributed by atoms with Gasteiger partial charge >= 0.3 is 0 Å². The summed E-state index contributed by atoms with van der Waals surface area (Å²) in [5.41, 5.74) is 5.20. The Morgan fingerprint density at radius 1 is 1.15 bits per heavy atom. The van der Waals surface area contributed by atoms with Gasteiger partial charge in [0.25, 0.3) is 0 Å². The summed E-state index contributed by atoms with van der Waals surface area (Å²) in [5.74, 6) is 0. The molecule has 0 saturated heterocycles. The summed E-state index contributed by atoms with van der Waals surface area (Å²) < 4.78 is 0. The van der Waals surface area contributed by atoms with E-state index in [1.54, 1.807) is 0 Å². The van der Waals surface area contributed by atoms with Gasteiger partial charge in [-0.15, -0.1) is 0 Å². The van der Waals surface area contributed by atoms with Gasteiger partial charge in [0.15, 0.2) is 0 Å². The van der Waals surface area contributed by atoms with Crippen molar-refractivity contribution >= 4 is 0 Å². The molecule has 1 atom stereocenters. The number of benzene rings is 1. The second-order valence-corrected chi connectivity index (χ2v) is 5.39. The lowest BCUT2D eigenvalue weighted by molar-refractivity contribution is 0.522. The molecule has 0 aliphatic heterocycles. The maximum Gasteiger partial charge on any atom is 0.0422 e. The summed E-state index contributed by atoms with van der Waals surface area (Å²) in [4.78, 5) is 4.46. The zero-order valence-corrected chi connectivity index (χ0v) is 12.7. The number of pyridine rings is 1. The highest BCUT2D eigenvalue weighted by atomic mass is 14.9. The summed E-state index contributed by atoms with van der Waals surface area (Å²) in [5, 5.41) is 3.66. The third-order valence-corrected chi connectivity index (χ3v) is 3.59. The first-order valence-electron chi connectivity index (χ1n) is 7.41. The first-order chi connectivity index (χ1) is 9.70. The van der Waals surface area contributed by atoms with Crippen molar-refractivity contribution in [3.05, 3.63) is 65.0 Å². The van der Waals surface area contributed by atoms with Crippen LogP contribution in [0.5, 0.6) is 0 Å². The largest absolute Gasteiger partial charge is 0.310 e. The minimum atomic E-state index is 0.338. The van der Waals surface area contributed by atoms with Crippen LogP contribution in [-0.4, -0.2) is 11.5 Å². The molecule has 2 nitrogen and oxygen atoms in total. The smallest absolute Gasteiger partial charge is 0.0422 e. The Hall–Kier alpha value is -1.67. The fourth-order valence-electron chi connectivity index (χ4n) is 2.47. The van der Waals surface area contributed by atoms with E-state index in [9.17, 15) is 0 Å². The van der Waals surface area contributed by atoms with Crippen LogP contribution in [0.4, 0.5) is 0 Å². The summed E-state index contributed by atoms with van der Waals surface area (Å²) >= 11 is 0. The van der Waals surface area contributed by atoms with Gasteiger partial charge in [0.2, 0.25) is 0 Å². The van der Waals surface area contributed by atoms with Crippen molar-refractivity contribution in [2.75, 3.05) is 6.54 Å². The van der Waals surface area contributed by atoms with E-state index in [1.807, 2.05) is 12.3 Å². The van der Waals surface area contributed by atoms with Gasteiger partial charge < -0.3 is 5.32 Å². The monoisotopic (exact) mass is 268 g/mol. The van der Waals surface area contributed by atoms with E-state index in [-0.39, 0.29) is 0 Å². The number of aromatic nitrogens is 1. The molecule has 0 amide bonds. The van der Waals surface area contributed by atoms with Crippen LogP contribution >= 0.6 is 0 Å². The van der Waals surface area contributed by atoms with E-state index < -0.39 is 0 Å². The predicted molar refractivity (Wildman–Crippen MR) is 84.9 cm³/mol. The number of rotatable bonds is 6. The summed E-state index contributed by atoms with van der Waals surface area (Å²) in [6, 6.07) is 13.2. The SMILES string of the molecule is CCCNC(Cc1ccccn1)c1cc(C)ccc1C. The fourth-order valence-corrected chi connectivity index (χ4v) is 2.47. The van der Waals surface area contributed by atoms with Crippen LogP contribution in [0.15, 0.2) is 42.6 Å². The number of nitrogens with zero attached hydrogens (tertiary/aromatic N) is 1. The zero-order chi connectivity index (χ0) is 14.4. The predicted octanol–water partition coefficient (Wildman–Crippen LogP) is 3.98. The average Bonchev–Trinajstić information content (AvgIpc) is 2.47. The van der Waals surface area contributed by atoms with Gasteiger partial charge in [-0.3, -0.25) is 4.98 Å². The summed E-state index contributed by atoms with van der Waals surface area (Å²) in [7, 11) is 0. The molecule has 1 unspecified atom stereocenters. The molecule has 0 aliphatic rings. The van der Waals surface area contributed by atoms with E-state index in [0.717, 1.165) is 25.1 Å². The molecule has 20 heavy (non-hydrogen) atoms. The third-order valence-electron chi connectivity index (χ3n) is 3.59. The zero-order valence-electron chi connectivity index (χ0n) is 12.7.